The molecule has 6 heteroatoms. The lowest BCUT2D eigenvalue weighted by molar-refractivity contribution is -0.130. The standard InChI is InChI=1S/C17H25N3O2.ClH/c1-13-4-6-14(7-5-13)15(21)19-10-11-20-16(22)17(12-18)8-2-3-9-17;/h4-7H,2-3,8-12,18H2,1H3,(H,19,21)(H,20,22);1H. The number of benzene rings is 1. The van der Waals surface area contributed by atoms with Gasteiger partial charge in [-0.2, -0.15) is 0 Å². The molecule has 0 heterocycles. The number of carbonyl (C=O) groups excluding carboxylic acids is 2. The molecule has 0 atom stereocenters. The van der Waals surface area contributed by atoms with E-state index in [0.717, 1.165) is 31.2 Å². The molecule has 2 rings (SSSR count). The Labute approximate surface area is 143 Å². The highest BCUT2D eigenvalue weighted by molar-refractivity contribution is 5.94. The van der Waals surface area contributed by atoms with Crippen molar-refractivity contribution in [3.05, 3.63) is 35.4 Å². The normalized spacial score (nSPS) is 15.6. The van der Waals surface area contributed by atoms with Gasteiger partial charge < -0.3 is 16.4 Å². The number of nitrogens with two attached hydrogens (primary N) is 1. The molecule has 1 saturated carbocycles. The summed E-state index contributed by atoms with van der Waals surface area (Å²) in [5, 5.41) is 5.71. The van der Waals surface area contributed by atoms with E-state index in [1.807, 2.05) is 19.1 Å². The number of rotatable bonds is 6. The van der Waals surface area contributed by atoms with Crippen LogP contribution in [0.2, 0.25) is 0 Å². The highest BCUT2D eigenvalue weighted by Gasteiger charge is 2.39. The molecule has 0 radical (unpaired) electrons. The Hall–Kier alpha value is -1.59. The second kappa shape index (κ2) is 8.89. The van der Waals surface area contributed by atoms with Crippen LogP contribution in [0.5, 0.6) is 0 Å². The molecular weight excluding hydrogens is 314 g/mol. The lowest BCUT2D eigenvalue weighted by atomic mass is 9.85. The molecule has 0 spiro atoms. The average Bonchev–Trinajstić information content (AvgIpc) is 3.02. The summed E-state index contributed by atoms with van der Waals surface area (Å²) in [4.78, 5) is 24.2. The van der Waals surface area contributed by atoms with Crippen LogP contribution in [0.3, 0.4) is 0 Å². The van der Waals surface area contributed by atoms with Crippen molar-refractivity contribution in [2.45, 2.75) is 32.6 Å². The van der Waals surface area contributed by atoms with Gasteiger partial charge in [-0.15, -0.1) is 12.4 Å². The second-order valence-electron chi connectivity index (χ2n) is 6.07. The number of amides is 2. The van der Waals surface area contributed by atoms with Crippen molar-refractivity contribution in [3.63, 3.8) is 0 Å². The zero-order valence-electron chi connectivity index (χ0n) is 13.6. The summed E-state index contributed by atoms with van der Waals surface area (Å²) in [6, 6.07) is 7.40. The van der Waals surface area contributed by atoms with E-state index in [4.69, 9.17) is 5.73 Å². The fourth-order valence-corrected chi connectivity index (χ4v) is 2.92. The van der Waals surface area contributed by atoms with Gasteiger partial charge in [0.1, 0.15) is 0 Å². The molecule has 1 aliphatic carbocycles. The Balaban J connectivity index is 0.00000264. The molecule has 4 N–H and O–H groups in total. The fourth-order valence-electron chi connectivity index (χ4n) is 2.92. The van der Waals surface area contributed by atoms with Crippen LogP contribution in [0.4, 0.5) is 0 Å². The van der Waals surface area contributed by atoms with E-state index in [-0.39, 0.29) is 29.6 Å². The highest BCUT2D eigenvalue weighted by atomic mass is 35.5. The summed E-state index contributed by atoms with van der Waals surface area (Å²) >= 11 is 0. The van der Waals surface area contributed by atoms with Gasteiger partial charge in [0, 0.05) is 25.2 Å². The van der Waals surface area contributed by atoms with Crippen molar-refractivity contribution in [1.82, 2.24) is 10.6 Å². The van der Waals surface area contributed by atoms with Gasteiger partial charge in [0.2, 0.25) is 5.91 Å². The molecule has 23 heavy (non-hydrogen) atoms. The van der Waals surface area contributed by atoms with Gasteiger partial charge in [-0.1, -0.05) is 30.5 Å². The van der Waals surface area contributed by atoms with Crippen molar-refractivity contribution < 1.29 is 9.59 Å². The summed E-state index contributed by atoms with van der Waals surface area (Å²) in [5.74, 6) is -0.0965. The van der Waals surface area contributed by atoms with E-state index in [1.165, 1.54) is 0 Å². The van der Waals surface area contributed by atoms with Crippen LogP contribution in [-0.4, -0.2) is 31.4 Å². The van der Waals surface area contributed by atoms with Crippen molar-refractivity contribution in [2.24, 2.45) is 11.1 Å². The maximum absolute atomic E-state index is 12.2. The molecule has 2 amide bonds. The third-order valence-electron chi connectivity index (χ3n) is 4.44. The molecule has 0 aliphatic heterocycles. The molecule has 1 aliphatic rings. The molecule has 5 nitrogen and oxygen atoms in total. The molecule has 1 aromatic carbocycles. The number of nitrogens with one attached hydrogen (secondary N) is 2. The molecule has 1 fully saturated rings. The maximum atomic E-state index is 12.2. The Morgan fingerprint density at radius 2 is 1.65 bits per heavy atom. The molecule has 1 aromatic rings. The third kappa shape index (κ3) is 4.94. The second-order valence-corrected chi connectivity index (χ2v) is 6.07. The van der Waals surface area contributed by atoms with Crippen LogP contribution in [-0.2, 0) is 4.79 Å². The van der Waals surface area contributed by atoms with E-state index < -0.39 is 0 Å². The van der Waals surface area contributed by atoms with Crippen LogP contribution >= 0.6 is 12.4 Å². The first-order valence-electron chi connectivity index (χ1n) is 7.91. The van der Waals surface area contributed by atoms with Crippen molar-refractivity contribution in [1.29, 1.82) is 0 Å². The number of hydrogen-bond acceptors (Lipinski definition) is 3. The van der Waals surface area contributed by atoms with Crippen LogP contribution in [0, 0.1) is 12.3 Å². The van der Waals surface area contributed by atoms with Crippen molar-refractivity contribution >= 4 is 24.2 Å². The van der Waals surface area contributed by atoms with Crippen LogP contribution in [0.15, 0.2) is 24.3 Å². The quantitative estimate of drug-likeness (QED) is 0.691. The Kier molecular flexibility index (Phi) is 7.52. The predicted octanol–water partition coefficient (Wildman–Crippen LogP) is 1.78. The minimum Gasteiger partial charge on any atom is -0.354 e. The largest absolute Gasteiger partial charge is 0.354 e. The van der Waals surface area contributed by atoms with Crippen molar-refractivity contribution in [2.75, 3.05) is 19.6 Å². The minimum atomic E-state index is -0.388. The maximum Gasteiger partial charge on any atom is 0.251 e. The first kappa shape index (κ1) is 19.5. The van der Waals surface area contributed by atoms with E-state index >= 15 is 0 Å². The molecule has 128 valence electrons. The number of carbonyl (C=O) groups is 2. The van der Waals surface area contributed by atoms with E-state index in [2.05, 4.69) is 10.6 Å². The average molecular weight is 340 g/mol. The zero-order chi connectivity index (χ0) is 16.0. The topological polar surface area (TPSA) is 84.2 Å². The SMILES string of the molecule is Cc1ccc(C(=O)NCCNC(=O)C2(CN)CCCC2)cc1.Cl. The summed E-state index contributed by atoms with van der Waals surface area (Å²) < 4.78 is 0. The van der Waals surface area contributed by atoms with Gasteiger partial charge in [0.25, 0.3) is 5.91 Å². The Bertz CT molecular complexity index is 525. The van der Waals surface area contributed by atoms with Gasteiger partial charge >= 0.3 is 0 Å². The summed E-state index contributed by atoms with van der Waals surface area (Å²) in [6.45, 7) is 3.22. The fraction of sp³-hybridized carbons (Fsp3) is 0.529. The lowest BCUT2D eigenvalue weighted by Gasteiger charge is -2.25. The monoisotopic (exact) mass is 339 g/mol. The summed E-state index contributed by atoms with van der Waals surface area (Å²) in [6.07, 6.45) is 3.86. The van der Waals surface area contributed by atoms with E-state index in [9.17, 15) is 9.59 Å². The molecule has 0 saturated heterocycles. The zero-order valence-corrected chi connectivity index (χ0v) is 14.4. The highest BCUT2D eigenvalue weighted by Crippen LogP contribution is 2.37. The number of hydrogen-bond donors (Lipinski definition) is 3. The van der Waals surface area contributed by atoms with E-state index in [0.29, 0.717) is 25.2 Å². The van der Waals surface area contributed by atoms with Crippen LogP contribution < -0.4 is 16.4 Å². The van der Waals surface area contributed by atoms with Gasteiger partial charge in [-0.05, 0) is 31.9 Å². The minimum absolute atomic E-state index is 0. The smallest absolute Gasteiger partial charge is 0.251 e. The first-order valence-corrected chi connectivity index (χ1v) is 7.91. The van der Waals surface area contributed by atoms with Gasteiger partial charge in [0.15, 0.2) is 0 Å². The Morgan fingerprint density at radius 3 is 2.22 bits per heavy atom. The predicted molar refractivity (Wildman–Crippen MR) is 93.7 cm³/mol. The molecule has 0 aromatic heterocycles. The summed E-state index contributed by atoms with van der Waals surface area (Å²) in [5.41, 5.74) is 7.14. The molecule has 0 unspecified atom stereocenters. The molecular formula is C17H26ClN3O2. The van der Waals surface area contributed by atoms with Gasteiger partial charge in [-0.25, -0.2) is 0 Å². The molecule has 0 bridgehead atoms. The number of halogens is 1. The number of aryl methyl sites for hydroxylation is 1. The third-order valence-corrected chi connectivity index (χ3v) is 4.44. The Morgan fingerprint density at radius 1 is 1.09 bits per heavy atom. The lowest BCUT2D eigenvalue weighted by Crippen LogP contribution is -2.46. The van der Waals surface area contributed by atoms with E-state index in [1.54, 1.807) is 12.1 Å². The van der Waals surface area contributed by atoms with Crippen LogP contribution in [0.25, 0.3) is 0 Å². The van der Waals surface area contributed by atoms with Crippen LogP contribution in [0.1, 0.15) is 41.6 Å². The first-order chi connectivity index (χ1) is 10.6. The van der Waals surface area contributed by atoms with Crippen molar-refractivity contribution in [3.8, 4) is 0 Å². The summed E-state index contributed by atoms with van der Waals surface area (Å²) in [7, 11) is 0. The van der Waals surface area contributed by atoms with Gasteiger partial charge in [0.05, 0.1) is 5.41 Å². The van der Waals surface area contributed by atoms with Gasteiger partial charge in [-0.3, -0.25) is 9.59 Å².